The first-order chi connectivity index (χ1) is 7.22. The zero-order valence-electron chi connectivity index (χ0n) is 7.98. The Morgan fingerprint density at radius 3 is 2.87 bits per heavy atom. The van der Waals surface area contributed by atoms with E-state index in [1.807, 2.05) is 0 Å². The summed E-state index contributed by atoms with van der Waals surface area (Å²) in [5.41, 5.74) is 0. The van der Waals surface area contributed by atoms with Gasteiger partial charge in [-0.3, -0.25) is 0 Å². The van der Waals surface area contributed by atoms with Crippen LogP contribution < -0.4 is 0 Å². The second-order valence-electron chi connectivity index (χ2n) is 3.62. The molecule has 0 aliphatic heterocycles. The first-order valence-electron chi connectivity index (χ1n) is 4.67. The molecule has 15 heavy (non-hydrogen) atoms. The highest BCUT2D eigenvalue weighted by atomic mass is 32.2. The molecule has 1 N–H and O–H groups in total. The summed E-state index contributed by atoms with van der Waals surface area (Å²) in [6.07, 6.45) is 0.638. The summed E-state index contributed by atoms with van der Waals surface area (Å²) in [5, 5.41) is 18.0. The number of nitriles is 1. The monoisotopic (exact) mass is 223 g/mol. The fraction of sp³-hybridized carbons (Fsp3) is 0.364. The molecule has 0 spiro atoms. The first kappa shape index (κ1) is 10.5. The van der Waals surface area contributed by atoms with Crippen molar-refractivity contribution in [1.82, 2.24) is 0 Å². The Kier molecular flexibility index (Phi) is 2.68. The van der Waals surface area contributed by atoms with Crippen LogP contribution in [0.15, 0.2) is 29.2 Å². The number of halogens is 1. The van der Waals surface area contributed by atoms with Gasteiger partial charge in [0.2, 0.25) is 0 Å². The van der Waals surface area contributed by atoms with Crippen LogP contribution in [0.1, 0.15) is 6.42 Å². The maximum atomic E-state index is 13.3. The first-order valence-corrected chi connectivity index (χ1v) is 5.49. The van der Waals surface area contributed by atoms with E-state index in [4.69, 9.17) is 10.4 Å². The minimum absolute atomic E-state index is 0.00495. The van der Waals surface area contributed by atoms with E-state index in [9.17, 15) is 4.39 Å². The Hall–Kier alpha value is -1.05. The molecule has 0 aromatic heterocycles. The third-order valence-corrected chi connectivity index (χ3v) is 4.09. The third kappa shape index (κ3) is 1.85. The number of aliphatic hydroxyl groups excluding tert-OH is 1. The van der Waals surface area contributed by atoms with Gasteiger partial charge >= 0.3 is 0 Å². The van der Waals surface area contributed by atoms with Crippen LogP contribution in [-0.4, -0.2) is 16.5 Å². The number of hydrogen-bond donors (Lipinski definition) is 1. The highest BCUT2D eigenvalue weighted by Gasteiger charge is 2.55. The van der Waals surface area contributed by atoms with Crippen LogP contribution in [0, 0.1) is 23.1 Å². The van der Waals surface area contributed by atoms with E-state index in [0.717, 1.165) is 0 Å². The lowest BCUT2D eigenvalue weighted by Gasteiger charge is -2.07. The Morgan fingerprint density at radius 1 is 1.60 bits per heavy atom. The van der Waals surface area contributed by atoms with Gasteiger partial charge < -0.3 is 5.11 Å². The molecule has 0 bridgehead atoms. The summed E-state index contributed by atoms with van der Waals surface area (Å²) in [5.74, 6) is -0.326. The molecular formula is C11H10FNOS. The molecule has 0 saturated heterocycles. The number of benzene rings is 1. The normalized spacial score (nSPS) is 28.5. The van der Waals surface area contributed by atoms with Crippen LogP contribution in [0.2, 0.25) is 0 Å². The van der Waals surface area contributed by atoms with E-state index in [1.165, 1.54) is 17.8 Å². The van der Waals surface area contributed by atoms with Gasteiger partial charge in [0, 0.05) is 17.4 Å². The van der Waals surface area contributed by atoms with Gasteiger partial charge in [-0.25, -0.2) is 4.39 Å². The van der Waals surface area contributed by atoms with Gasteiger partial charge in [0.15, 0.2) is 0 Å². The van der Waals surface area contributed by atoms with Gasteiger partial charge in [0.05, 0.1) is 6.07 Å². The molecule has 0 heterocycles. The maximum Gasteiger partial charge on any atom is 0.136 e. The zero-order chi connectivity index (χ0) is 10.9. The van der Waals surface area contributed by atoms with E-state index in [-0.39, 0.29) is 18.3 Å². The molecule has 2 atom stereocenters. The van der Waals surface area contributed by atoms with Gasteiger partial charge in [-0.15, -0.1) is 11.8 Å². The van der Waals surface area contributed by atoms with Crippen LogP contribution in [-0.2, 0) is 0 Å². The predicted octanol–water partition coefficient (Wildman–Crippen LogP) is 2.19. The highest BCUT2D eigenvalue weighted by Crippen LogP contribution is 2.56. The predicted molar refractivity (Wildman–Crippen MR) is 55.8 cm³/mol. The molecule has 0 radical (unpaired) electrons. The summed E-state index contributed by atoms with van der Waals surface area (Å²) in [4.78, 5) is 0.481. The number of nitrogens with zero attached hydrogens (tertiary/aromatic N) is 1. The minimum atomic E-state index is -0.614. The van der Waals surface area contributed by atoms with E-state index in [0.29, 0.717) is 11.3 Å². The number of rotatable bonds is 3. The van der Waals surface area contributed by atoms with E-state index in [1.54, 1.807) is 18.2 Å². The standard InChI is InChI=1S/C11H10FNOS/c12-9-3-1-2-4-10(9)15-11(7-13)5-8(11)6-14/h1-4,8,14H,5-6H2. The lowest BCUT2D eigenvalue weighted by molar-refractivity contribution is 0.274. The van der Waals surface area contributed by atoms with Crippen molar-refractivity contribution in [3.05, 3.63) is 30.1 Å². The summed E-state index contributed by atoms with van der Waals surface area (Å²) in [7, 11) is 0. The molecule has 1 aliphatic carbocycles. The van der Waals surface area contributed by atoms with Crippen LogP contribution in [0.4, 0.5) is 4.39 Å². The minimum Gasteiger partial charge on any atom is -0.396 e. The lowest BCUT2D eigenvalue weighted by atomic mass is 10.3. The number of aliphatic hydroxyl groups is 1. The largest absolute Gasteiger partial charge is 0.396 e. The Morgan fingerprint density at radius 2 is 2.33 bits per heavy atom. The van der Waals surface area contributed by atoms with Crippen molar-refractivity contribution in [2.75, 3.05) is 6.61 Å². The van der Waals surface area contributed by atoms with Crippen molar-refractivity contribution in [1.29, 1.82) is 5.26 Å². The third-order valence-electron chi connectivity index (χ3n) is 2.59. The van der Waals surface area contributed by atoms with Crippen LogP contribution >= 0.6 is 11.8 Å². The molecule has 4 heteroatoms. The fourth-order valence-corrected chi connectivity index (χ4v) is 2.80. The molecule has 1 fully saturated rings. The second-order valence-corrected chi connectivity index (χ2v) is 4.99. The average molecular weight is 223 g/mol. The topological polar surface area (TPSA) is 44.0 Å². The highest BCUT2D eigenvalue weighted by molar-refractivity contribution is 8.01. The molecule has 2 unspecified atom stereocenters. The summed E-state index contributed by atoms with van der Waals surface area (Å²) >= 11 is 1.22. The molecule has 1 aliphatic rings. The van der Waals surface area contributed by atoms with Gasteiger partial charge in [0.25, 0.3) is 0 Å². The molecule has 1 saturated carbocycles. The molecular weight excluding hydrogens is 213 g/mol. The van der Waals surface area contributed by atoms with Crippen molar-refractivity contribution in [2.24, 2.45) is 5.92 Å². The van der Waals surface area contributed by atoms with Gasteiger partial charge in [0.1, 0.15) is 10.6 Å². The van der Waals surface area contributed by atoms with Gasteiger partial charge in [-0.2, -0.15) is 5.26 Å². The summed E-state index contributed by atoms with van der Waals surface area (Å²) < 4.78 is 12.7. The smallest absolute Gasteiger partial charge is 0.136 e. The SMILES string of the molecule is N#CC1(Sc2ccccc2F)CC1CO. The summed E-state index contributed by atoms with van der Waals surface area (Å²) in [6, 6.07) is 8.57. The van der Waals surface area contributed by atoms with E-state index >= 15 is 0 Å². The van der Waals surface area contributed by atoms with Gasteiger partial charge in [-0.1, -0.05) is 12.1 Å². The fourth-order valence-electron chi connectivity index (χ4n) is 1.53. The Balaban J connectivity index is 2.17. The molecule has 78 valence electrons. The molecule has 2 nitrogen and oxygen atoms in total. The average Bonchev–Trinajstić information content (AvgIpc) is 2.96. The van der Waals surface area contributed by atoms with Crippen molar-refractivity contribution < 1.29 is 9.50 Å². The zero-order valence-corrected chi connectivity index (χ0v) is 8.80. The summed E-state index contributed by atoms with van der Waals surface area (Å²) in [6.45, 7) is -0.00495. The number of hydrogen-bond acceptors (Lipinski definition) is 3. The molecule has 1 aromatic carbocycles. The maximum absolute atomic E-state index is 13.3. The molecule has 0 amide bonds. The van der Waals surface area contributed by atoms with E-state index in [2.05, 4.69) is 6.07 Å². The van der Waals surface area contributed by atoms with Gasteiger partial charge in [-0.05, 0) is 18.6 Å². The second kappa shape index (κ2) is 3.84. The quantitative estimate of drug-likeness (QED) is 0.854. The van der Waals surface area contributed by atoms with Crippen molar-refractivity contribution in [3.8, 4) is 6.07 Å². The molecule has 1 aromatic rings. The Bertz CT molecular complexity index is 417. The van der Waals surface area contributed by atoms with Crippen LogP contribution in [0.5, 0.6) is 0 Å². The van der Waals surface area contributed by atoms with Crippen LogP contribution in [0.3, 0.4) is 0 Å². The van der Waals surface area contributed by atoms with E-state index < -0.39 is 4.75 Å². The lowest BCUT2D eigenvalue weighted by Crippen LogP contribution is -2.06. The van der Waals surface area contributed by atoms with Crippen molar-refractivity contribution >= 4 is 11.8 Å². The Labute approximate surface area is 91.7 Å². The van der Waals surface area contributed by atoms with Crippen LogP contribution in [0.25, 0.3) is 0 Å². The number of thioether (sulfide) groups is 1. The van der Waals surface area contributed by atoms with Crippen molar-refractivity contribution in [2.45, 2.75) is 16.1 Å². The molecule has 2 rings (SSSR count). The van der Waals surface area contributed by atoms with Crippen molar-refractivity contribution in [3.63, 3.8) is 0 Å².